The number of aromatic nitrogens is 2. The van der Waals surface area contributed by atoms with Crippen LogP contribution in [0, 0.1) is 0 Å². The van der Waals surface area contributed by atoms with Crippen molar-refractivity contribution in [2.45, 2.75) is 12.5 Å². The van der Waals surface area contributed by atoms with Crippen molar-refractivity contribution in [1.29, 1.82) is 0 Å². The first-order chi connectivity index (χ1) is 6.21. The molecule has 0 amide bonds. The van der Waals surface area contributed by atoms with Crippen LogP contribution in [0.1, 0.15) is 18.3 Å². The van der Waals surface area contributed by atoms with E-state index in [4.69, 9.17) is 0 Å². The SMILES string of the molecule is CC(O)(c1ccc[nH]1)c1ccc[nH]1. The molecule has 0 bridgehead atoms. The van der Waals surface area contributed by atoms with Gasteiger partial charge < -0.3 is 15.1 Å². The summed E-state index contributed by atoms with van der Waals surface area (Å²) in [4.78, 5) is 5.99. The summed E-state index contributed by atoms with van der Waals surface area (Å²) in [5.41, 5.74) is 0.609. The van der Waals surface area contributed by atoms with E-state index < -0.39 is 5.60 Å². The smallest absolute Gasteiger partial charge is 0.141 e. The molecule has 0 aliphatic rings. The normalized spacial score (nSPS) is 11.8. The predicted molar refractivity (Wildman–Crippen MR) is 50.3 cm³/mol. The number of hydrogen-bond donors (Lipinski definition) is 3. The lowest BCUT2D eigenvalue weighted by Gasteiger charge is -2.20. The van der Waals surface area contributed by atoms with Gasteiger partial charge in [-0.3, -0.25) is 0 Å². The Morgan fingerprint density at radius 2 is 1.54 bits per heavy atom. The van der Waals surface area contributed by atoms with Crippen molar-refractivity contribution in [2.75, 3.05) is 0 Å². The summed E-state index contributed by atoms with van der Waals surface area (Å²) in [6.45, 7) is 1.75. The number of aliphatic hydroxyl groups is 1. The third kappa shape index (κ3) is 1.27. The minimum atomic E-state index is -0.965. The Morgan fingerprint density at radius 3 is 1.85 bits per heavy atom. The Bertz CT molecular complexity index is 323. The van der Waals surface area contributed by atoms with Gasteiger partial charge in [0.1, 0.15) is 5.60 Å². The first kappa shape index (κ1) is 8.13. The molecular formula is C10H12N2O. The minimum Gasteiger partial charge on any atom is -0.378 e. The number of H-pyrrole nitrogens is 2. The van der Waals surface area contributed by atoms with Crippen molar-refractivity contribution < 1.29 is 5.11 Å². The minimum absolute atomic E-state index is 0.787. The van der Waals surface area contributed by atoms with E-state index in [0.29, 0.717) is 0 Å². The lowest BCUT2D eigenvalue weighted by molar-refractivity contribution is 0.0938. The third-order valence-electron chi connectivity index (χ3n) is 2.24. The van der Waals surface area contributed by atoms with Gasteiger partial charge in [0, 0.05) is 12.4 Å². The molecule has 0 saturated carbocycles. The first-order valence-corrected chi connectivity index (χ1v) is 4.21. The predicted octanol–water partition coefficient (Wildman–Crippen LogP) is 1.60. The highest BCUT2D eigenvalue weighted by atomic mass is 16.3. The molecule has 2 rings (SSSR count). The van der Waals surface area contributed by atoms with Crippen LogP contribution in [0.2, 0.25) is 0 Å². The second kappa shape index (κ2) is 2.78. The largest absolute Gasteiger partial charge is 0.378 e. The van der Waals surface area contributed by atoms with E-state index >= 15 is 0 Å². The summed E-state index contributed by atoms with van der Waals surface area (Å²) < 4.78 is 0. The molecule has 2 aromatic heterocycles. The molecule has 2 heterocycles. The van der Waals surface area contributed by atoms with E-state index in [-0.39, 0.29) is 0 Å². The molecular weight excluding hydrogens is 164 g/mol. The highest BCUT2D eigenvalue weighted by Gasteiger charge is 2.26. The van der Waals surface area contributed by atoms with Gasteiger partial charge in [-0.25, -0.2) is 0 Å². The maximum Gasteiger partial charge on any atom is 0.141 e. The van der Waals surface area contributed by atoms with Gasteiger partial charge in [0.15, 0.2) is 0 Å². The number of aromatic amines is 2. The van der Waals surface area contributed by atoms with Crippen LogP contribution in [-0.2, 0) is 5.60 Å². The molecule has 0 unspecified atom stereocenters. The Morgan fingerprint density at radius 1 is 1.08 bits per heavy atom. The molecule has 0 atom stereocenters. The maximum absolute atomic E-state index is 10.2. The average molecular weight is 176 g/mol. The maximum atomic E-state index is 10.2. The van der Waals surface area contributed by atoms with Crippen molar-refractivity contribution in [2.24, 2.45) is 0 Å². The van der Waals surface area contributed by atoms with Crippen LogP contribution in [0.25, 0.3) is 0 Å². The van der Waals surface area contributed by atoms with Crippen molar-refractivity contribution in [3.63, 3.8) is 0 Å². The molecule has 0 aliphatic carbocycles. The highest BCUT2D eigenvalue weighted by molar-refractivity contribution is 5.26. The molecule has 0 radical (unpaired) electrons. The zero-order chi connectivity index (χ0) is 9.31. The number of rotatable bonds is 2. The number of hydrogen-bond acceptors (Lipinski definition) is 1. The molecule has 3 heteroatoms. The van der Waals surface area contributed by atoms with Gasteiger partial charge in [-0.1, -0.05) is 0 Å². The monoisotopic (exact) mass is 176 g/mol. The fourth-order valence-corrected chi connectivity index (χ4v) is 1.41. The Balaban J connectivity index is 2.42. The van der Waals surface area contributed by atoms with Gasteiger partial charge in [0.2, 0.25) is 0 Å². The van der Waals surface area contributed by atoms with Crippen molar-refractivity contribution in [1.82, 2.24) is 9.97 Å². The Labute approximate surface area is 76.4 Å². The van der Waals surface area contributed by atoms with Crippen molar-refractivity contribution >= 4 is 0 Å². The molecule has 2 aromatic rings. The van der Waals surface area contributed by atoms with E-state index in [1.807, 2.05) is 24.3 Å². The van der Waals surface area contributed by atoms with Crippen LogP contribution in [-0.4, -0.2) is 15.1 Å². The molecule has 68 valence electrons. The number of nitrogens with one attached hydrogen (secondary N) is 2. The van der Waals surface area contributed by atoms with E-state index in [2.05, 4.69) is 9.97 Å². The van der Waals surface area contributed by atoms with Gasteiger partial charge in [-0.05, 0) is 31.2 Å². The topological polar surface area (TPSA) is 51.8 Å². The summed E-state index contributed by atoms with van der Waals surface area (Å²) >= 11 is 0. The summed E-state index contributed by atoms with van der Waals surface area (Å²) in [5, 5.41) is 10.2. The fourth-order valence-electron chi connectivity index (χ4n) is 1.41. The van der Waals surface area contributed by atoms with Crippen molar-refractivity contribution in [3.8, 4) is 0 Å². The summed E-state index contributed by atoms with van der Waals surface area (Å²) in [6, 6.07) is 7.46. The molecule has 0 fully saturated rings. The van der Waals surface area contributed by atoms with Gasteiger partial charge in [0.25, 0.3) is 0 Å². The van der Waals surface area contributed by atoms with Gasteiger partial charge in [0.05, 0.1) is 11.4 Å². The quantitative estimate of drug-likeness (QED) is 0.639. The second-order valence-corrected chi connectivity index (χ2v) is 3.24. The molecule has 0 spiro atoms. The molecule has 3 N–H and O–H groups in total. The Hall–Kier alpha value is -1.48. The van der Waals surface area contributed by atoms with Gasteiger partial charge in [-0.15, -0.1) is 0 Å². The molecule has 0 aliphatic heterocycles. The fraction of sp³-hybridized carbons (Fsp3) is 0.200. The van der Waals surface area contributed by atoms with Gasteiger partial charge in [-0.2, -0.15) is 0 Å². The van der Waals surface area contributed by atoms with Crippen molar-refractivity contribution in [3.05, 3.63) is 48.0 Å². The van der Waals surface area contributed by atoms with Crippen LogP contribution < -0.4 is 0 Å². The second-order valence-electron chi connectivity index (χ2n) is 3.24. The first-order valence-electron chi connectivity index (χ1n) is 4.21. The zero-order valence-corrected chi connectivity index (χ0v) is 7.41. The molecule has 0 aromatic carbocycles. The van der Waals surface area contributed by atoms with Crippen LogP contribution in [0.5, 0.6) is 0 Å². The standard InChI is InChI=1S/C10H12N2O/c1-10(13,8-4-2-6-11-8)9-5-3-7-12-9/h2-7,11-13H,1H3. The summed E-state index contributed by atoms with van der Waals surface area (Å²) in [6.07, 6.45) is 3.60. The van der Waals surface area contributed by atoms with Gasteiger partial charge >= 0.3 is 0 Å². The average Bonchev–Trinajstić information content (AvgIpc) is 2.78. The summed E-state index contributed by atoms with van der Waals surface area (Å²) in [7, 11) is 0. The molecule has 13 heavy (non-hydrogen) atoms. The molecule has 3 nitrogen and oxygen atoms in total. The third-order valence-corrected chi connectivity index (χ3v) is 2.24. The summed E-state index contributed by atoms with van der Waals surface area (Å²) in [5.74, 6) is 0. The van der Waals surface area contributed by atoms with E-state index in [1.54, 1.807) is 19.3 Å². The lowest BCUT2D eigenvalue weighted by atomic mass is 9.99. The lowest BCUT2D eigenvalue weighted by Crippen LogP contribution is -2.23. The van der Waals surface area contributed by atoms with Crippen LogP contribution >= 0.6 is 0 Å². The van der Waals surface area contributed by atoms with E-state index in [1.165, 1.54) is 0 Å². The highest BCUT2D eigenvalue weighted by Crippen LogP contribution is 2.25. The van der Waals surface area contributed by atoms with Crippen LogP contribution in [0.3, 0.4) is 0 Å². The van der Waals surface area contributed by atoms with E-state index in [0.717, 1.165) is 11.4 Å². The van der Waals surface area contributed by atoms with Crippen LogP contribution in [0.4, 0.5) is 0 Å². The molecule has 0 saturated heterocycles. The van der Waals surface area contributed by atoms with Crippen LogP contribution in [0.15, 0.2) is 36.7 Å². The Kier molecular flexibility index (Phi) is 1.74. The van der Waals surface area contributed by atoms with E-state index in [9.17, 15) is 5.11 Å². The zero-order valence-electron chi connectivity index (χ0n) is 7.41.